The molecule has 2 N–H and O–H groups in total. The molecule has 35 heavy (non-hydrogen) atoms. The average Bonchev–Trinajstić information content (AvgIpc) is 3.42. The van der Waals surface area contributed by atoms with Crippen LogP contribution in [0.3, 0.4) is 0 Å². The van der Waals surface area contributed by atoms with Crippen LogP contribution in [0, 0.1) is 22.7 Å². The molecule has 5 rings (SSSR count). The van der Waals surface area contributed by atoms with Crippen molar-refractivity contribution >= 4 is 40.7 Å². The van der Waals surface area contributed by atoms with Crippen LogP contribution < -0.4 is 0 Å². The molecule has 0 amide bonds. The van der Waals surface area contributed by atoms with Crippen LogP contribution in [0.5, 0.6) is 0 Å². The van der Waals surface area contributed by atoms with Gasteiger partial charge < -0.3 is 19.4 Å². The molecule has 0 saturated heterocycles. The molecular formula is C26H28Cl2O7. The van der Waals surface area contributed by atoms with Gasteiger partial charge in [-0.25, -0.2) is 4.79 Å². The number of hydrogen-bond donors (Lipinski definition) is 2. The molecule has 3 fully saturated rings. The van der Waals surface area contributed by atoms with E-state index in [9.17, 15) is 24.6 Å². The zero-order chi connectivity index (χ0) is 25.4. The van der Waals surface area contributed by atoms with Crippen LogP contribution in [-0.2, 0) is 14.3 Å². The van der Waals surface area contributed by atoms with Crippen LogP contribution >= 0.6 is 23.2 Å². The quantitative estimate of drug-likeness (QED) is 0.458. The minimum atomic E-state index is -1.97. The van der Waals surface area contributed by atoms with E-state index in [4.69, 9.17) is 32.4 Å². The van der Waals surface area contributed by atoms with Gasteiger partial charge in [-0.1, -0.05) is 25.5 Å². The summed E-state index contributed by atoms with van der Waals surface area (Å²) in [5.74, 6) is -2.91. The number of allylic oxidation sites excluding steroid dienone is 4. The SMILES string of the molecule is C[C@]12C=CC(=O)C=C1CC[C@H]1[C@@H]3C[C@@H](O)[C@](OC(=O)c4ccco4)(C(=O)CCl)[C@@]3(C)C[C@H](O)[C@@]12Cl. The highest BCUT2D eigenvalue weighted by Gasteiger charge is 2.77. The number of halogens is 2. The summed E-state index contributed by atoms with van der Waals surface area (Å²) in [4.78, 5) is 37.3. The Hall–Kier alpha value is -1.93. The van der Waals surface area contributed by atoms with Gasteiger partial charge in [-0.3, -0.25) is 9.59 Å². The third kappa shape index (κ3) is 3.02. The molecule has 0 aromatic carbocycles. The monoisotopic (exact) mass is 522 g/mol. The van der Waals surface area contributed by atoms with Crippen LogP contribution in [0.25, 0.3) is 0 Å². The lowest BCUT2D eigenvalue weighted by Crippen LogP contribution is -2.70. The van der Waals surface area contributed by atoms with Gasteiger partial charge >= 0.3 is 5.97 Å². The van der Waals surface area contributed by atoms with E-state index in [0.717, 1.165) is 5.57 Å². The van der Waals surface area contributed by atoms with Crippen LogP contribution in [0.1, 0.15) is 50.1 Å². The van der Waals surface area contributed by atoms with Crippen molar-refractivity contribution in [3.63, 3.8) is 0 Å². The van der Waals surface area contributed by atoms with Crippen molar-refractivity contribution in [2.45, 2.75) is 62.2 Å². The van der Waals surface area contributed by atoms with E-state index in [1.807, 2.05) is 6.92 Å². The summed E-state index contributed by atoms with van der Waals surface area (Å²) in [5.41, 5.74) is -3.04. The molecule has 0 bridgehead atoms. The Labute approximate surface area is 213 Å². The first-order valence-corrected chi connectivity index (χ1v) is 12.7. The number of fused-ring (bicyclic) bond motifs is 5. The second-order valence-electron chi connectivity index (χ2n) is 10.7. The standard InChI is InChI=1S/C26H28Cl2O7/c1-23-8-7-15(29)10-14(23)5-6-16-17-11-19(30)26(21(32)13-27,35-22(33)18-4-3-9-34-18)24(17,2)12-20(31)25(16,23)28/h3-4,7-10,16-17,19-20,30-31H,5-6,11-13H2,1-2H3/t16-,17-,19+,20-,23-,24-,25-,26-/m0/s1. The number of ketones is 2. The molecule has 4 aliphatic rings. The lowest BCUT2D eigenvalue weighted by molar-refractivity contribution is -0.184. The van der Waals surface area contributed by atoms with Gasteiger partial charge in [-0.2, -0.15) is 0 Å². The maximum atomic E-state index is 13.4. The van der Waals surface area contributed by atoms with Gasteiger partial charge in [0.1, 0.15) is 6.10 Å². The van der Waals surface area contributed by atoms with E-state index in [1.54, 1.807) is 19.1 Å². The maximum Gasteiger partial charge on any atom is 0.375 e. The smallest absolute Gasteiger partial charge is 0.375 e. The Morgan fingerprint density at radius 2 is 1.97 bits per heavy atom. The van der Waals surface area contributed by atoms with E-state index in [-0.39, 0.29) is 36.2 Å². The summed E-state index contributed by atoms with van der Waals surface area (Å²) in [6.45, 7) is 3.69. The van der Waals surface area contributed by atoms with Gasteiger partial charge in [-0.05, 0) is 61.8 Å². The highest BCUT2D eigenvalue weighted by atomic mass is 35.5. The number of furan rings is 1. The number of hydrogen-bond acceptors (Lipinski definition) is 7. The fourth-order valence-corrected chi connectivity index (χ4v) is 8.37. The lowest BCUT2D eigenvalue weighted by Gasteiger charge is -2.63. The zero-order valence-corrected chi connectivity index (χ0v) is 21.0. The van der Waals surface area contributed by atoms with Crippen molar-refractivity contribution in [3.8, 4) is 0 Å². The Balaban J connectivity index is 1.61. The van der Waals surface area contributed by atoms with Gasteiger partial charge in [0.25, 0.3) is 0 Å². The fourth-order valence-electron chi connectivity index (χ4n) is 7.65. The second kappa shape index (κ2) is 8.04. The van der Waals surface area contributed by atoms with Crippen molar-refractivity contribution in [2.75, 3.05) is 5.88 Å². The number of aliphatic hydroxyl groups excluding tert-OH is 2. The minimum absolute atomic E-state index is 0.00650. The summed E-state index contributed by atoms with van der Waals surface area (Å²) in [6.07, 6.45) is 4.96. The van der Waals surface area contributed by atoms with Crippen molar-refractivity contribution in [1.82, 2.24) is 0 Å². The van der Waals surface area contributed by atoms with Gasteiger partial charge in [0.15, 0.2) is 11.6 Å². The summed E-state index contributed by atoms with van der Waals surface area (Å²) in [6, 6.07) is 2.93. The Morgan fingerprint density at radius 3 is 2.63 bits per heavy atom. The number of carbonyl (C=O) groups is 3. The molecule has 0 unspecified atom stereocenters. The van der Waals surface area contributed by atoms with Crippen molar-refractivity contribution < 1.29 is 33.8 Å². The zero-order valence-electron chi connectivity index (χ0n) is 19.5. The molecule has 1 heterocycles. The molecule has 1 aromatic rings. The number of Topliss-reactive ketones (excluding diaryl/α,β-unsaturated/α-hetero) is 1. The predicted molar refractivity (Wildman–Crippen MR) is 127 cm³/mol. The van der Waals surface area contributed by atoms with Crippen molar-refractivity contribution in [2.24, 2.45) is 22.7 Å². The highest BCUT2D eigenvalue weighted by Crippen LogP contribution is 2.71. The van der Waals surface area contributed by atoms with E-state index < -0.39 is 51.1 Å². The van der Waals surface area contributed by atoms with Crippen LogP contribution in [0.2, 0.25) is 0 Å². The van der Waals surface area contributed by atoms with Gasteiger partial charge in [0.05, 0.1) is 23.1 Å². The number of aliphatic hydroxyl groups is 2. The maximum absolute atomic E-state index is 13.4. The van der Waals surface area contributed by atoms with Crippen molar-refractivity contribution in [3.05, 3.63) is 48.0 Å². The summed E-state index contributed by atoms with van der Waals surface area (Å²) < 4.78 is 11.0. The highest BCUT2D eigenvalue weighted by molar-refractivity contribution is 6.29. The Kier molecular flexibility index (Phi) is 5.68. The number of esters is 1. The molecule has 4 aliphatic carbocycles. The topological polar surface area (TPSA) is 114 Å². The molecule has 1 aromatic heterocycles. The van der Waals surface area contributed by atoms with Crippen LogP contribution in [-0.4, -0.2) is 56.3 Å². The van der Waals surface area contributed by atoms with Gasteiger partial charge in [-0.15, -0.1) is 23.2 Å². The molecule has 8 atom stereocenters. The number of ether oxygens (including phenoxy) is 1. The Bertz CT molecular complexity index is 1140. The van der Waals surface area contributed by atoms with E-state index in [0.29, 0.717) is 12.8 Å². The van der Waals surface area contributed by atoms with Gasteiger partial charge in [0, 0.05) is 10.8 Å². The molecule has 9 heteroatoms. The first-order chi connectivity index (χ1) is 16.5. The average molecular weight is 523 g/mol. The molecule has 0 aliphatic heterocycles. The third-order valence-corrected chi connectivity index (χ3v) is 10.5. The molecule has 188 valence electrons. The number of rotatable bonds is 4. The summed E-state index contributed by atoms with van der Waals surface area (Å²) >= 11 is 13.4. The molecular weight excluding hydrogens is 495 g/mol. The minimum Gasteiger partial charge on any atom is -0.457 e. The third-order valence-electron chi connectivity index (χ3n) is 9.34. The largest absolute Gasteiger partial charge is 0.457 e. The first kappa shape index (κ1) is 24.8. The number of carbonyl (C=O) groups excluding carboxylic acids is 3. The predicted octanol–water partition coefficient (Wildman–Crippen LogP) is 3.59. The lowest BCUT2D eigenvalue weighted by atomic mass is 9.45. The molecule has 7 nitrogen and oxygen atoms in total. The molecule has 0 spiro atoms. The van der Waals surface area contributed by atoms with Crippen LogP contribution in [0.4, 0.5) is 0 Å². The fraction of sp³-hybridized carbons (Fsp3) is 0.577. The van der Waals surface area contributed by atoms with E-state index in [2.05, 4.69) is 0 Å². The first-order valence-electron chi connectivity index (χ1n) is 11.8. The Morgan fingerprint density at radius 1 is 1.23 bits per heavy atom. The normalized spacial score (nSPS) is 44.2. The van der Waals surface area contributed by atoms with Crippen LogP contribution in [0.15, 0.2) is 46.6 Å². The molecule has 3 saturated carbocycles. The summed E-state index contributed by atoms with van der Waals surface area (Å²) in [7, 11) is 0. The second-order valence-corrected chi connectivity index (χ2v) is 11.6. The van der Waals surface area contributed by atoms with Crippen molar-refractivity contribution in [1.29, 1.82) is 0 Å². The summed E-state index contributed by atoms with van der Waals surface area (Å²) in [5, 5.41) is 23.1. The number of alkyl halides is 2. The van der Waals surface area contributed by atoms with E-state index >= 15 is 0 Å². The van der Waals surface area contributed by atoms with E-state index in [1.165, 1.54) is 24.5 Å². The molecule has 0 radical (unpaired) electrons. The van der Waals surface area contributed by atoms with Gasteiger partial charge in [0.2, 0.25) is 11.4 Å².